The Kier molecular flexibility index (Phi) is 1.62. The summed E-state index contributed by atoms with van der Waals surface area (Å²) in [5.74, 6) is 0.329. The highest BCUT2D eigenvalue weighted by Gasteiger charge is 2.20. The molecule has 1 saturated heterocycles. The molecule has 0 spiro atoms. The molecule has 0 unspecified atom stereocenters. The minimum Gasteiger partial charge on any atom is -0.315 e. The van der Waals surface area contributed by atoms with Crippen LogP contribution < -0.4 is 5.32 Å². The molecule has 2 heteroatoms. The number of benzene rings is 1. The molecule has 0 aliphatic carbocycles. The fraction of sp³-hybridized carbons (Fsp3) is 0.333. The third-order valence-electron chi connectivity index (χ3n) is 2.13. The minimum atomic E-state index is -0.0704. The summed E-state index contributed by atoms with van der Waals surface area (Å²) >= 11 is 0. The van der Waals surface area contributed by atoms with Gasteiger partial charge in [-0.1, -0.05) is 18.2 Å². The molecule has 0 atom stereocenters. The van der Waals surface area contributed by atoms with Gasteiger partial charge < -0.3 is 5.32 Å². The number of halogens is 1. The summed E-state index contributed by atoms with van der Waals surface area (Å²) in [6.45, 7) is 1.84. The minimum absolute atomic E-state index is 0.0704. The third kappa shape index (κ3) is 1.14. The van der Waals surface area contributed by atoms with Crippen molar-refractivity contribution in [1.29, 1.82) is 0 Å². The van der Waals surface area contributed by atoms with Crippen LogP contribution in [0.15, 0.2) is 24.3 Å². The highest BCUT2D eigenvalue weighted by atomic mass is 19.1. The van der Waals surface area contributed by atoms with Crippen LogP contribution in [0.2, 0.25) is 0 Å². The molecule has 1 aliphatic rings. The molecule has 58 valence electrons. The average molecular weight is 151 g/mol. The zero-order valence-electron chi connectivity index (χ0n) is 6.18. The summed E-state index contributed by atoms with van der Waals surface area (Å²) in [7, 11) is 0. The van der Waals surface area contributed by atoms with Gasteiger partial charge in [0, 0.05) is 19.0 Å². The average Bonchev–Trinajstić information content (AvgIpc) is 1.90. The largest absolute Gasteiger partial charge is 0.315 e. The van der Waals surface area contributed by atoms with Gasteiger partial charge in [-0.25, -0.2) is 4.39 Å². The molecule has 0 radical (unpaired) electrons. The van der Waals surface area contributed by atoms with Gasteiger partial charge in [0.05, 0.1) is 0 Å². The van der Waals surface area contributed by atoms with Crippen LogP contribution in [0.1, 0.15) is 11.5 Å². The fourth-order valence-corrected chi connectivity index (χ4v) is 1.31. The maximum Gasteiger partial charge on any atom is 0.126 e. The summed E-state index contributed by atoms with van der Waals surface area (Å²) in [6, 6.07) is 7.00. The van der Waals surface area contributed by atoms with Crippen molar-refractivity contribution in [3.05, 3.63) is 35.6 Å². The van der Waals surface area contributed by atoms with Crippen LogP contribution in [0.4, 0.5) is 4.39 Å². The first-order valence-corrected chi connectivity index (χ1v) is 3.83. The molecule has 1 nitrogen and oxygen atoms in total. The summed E-state index contributed by atoms with van der Waals surface area (Å²) < 4.78 is 13.0. The van der Waals surface area contributed by atoms with Gasteiger partial charge in [0.2, 0.25) is 0 Å². The van der Waals surface area contributed by atoms with E-state index in [-0.39, 0.29) is 5.82 Å². The number of hydrogen-bond acceptors (Lipinski definition) is 1. The van der Waals surface area contributed by atoms with E-state index in [9.17, 15) is 4.39 Å². The second kappa shape index (κ2) is 2.62. The Morgan fingerprint density at radius 3 is 2.55 bits per heavy atom. The summed E-state index contributed by atoms with van der Waals surface area (Å²) in [6.07, 6.45) is 0. The predicted octanol–water partition coefficient (Wildman–Crippen LogP) is 1.51. The number of hydrogen-bond donors (Lipinski definition) is 1. The molecule has 1 heterocycles. The van der Waals surface area contributed by atoms with Gasteiger partial charge in [0.25, 0.3) is 0 Å². The first-order chi connectivity index (χ1) is 5.38. The van der Waals surface area contributed by atoms with Crippen molar-refractivity contribution in [3.8, 4) is 0 Å². The Balaban J connectivity index is 2.28. The topological polar surface area (TPSA) is 12.0 Å². The predicted molar refractivity (Wildman–Crippen MR) is 42.0 cm³/mol. The van der Waals surface area contributed by atoms with E-state index in [1.54, 1.807) is 6.07 Å². The van der Waals surface area contributed by atoms with E-state index in [1.165, 1.54) is 6.07 Å². The van der Waals surface area contributed by atoms with E-state index < -0.39 is 0 Å². The standard InChI is InChI=1S/C9H10FN/c10-9-4-2-1-3-8(9)7-5-11-6-7/h1-4,7,11H,5-6H2. The summed E-state index contributed by atoms with van der Waals surface area (Å²) in [5.41, 5.74) is 0.853. The zero-order valence-corrected chi connectivity index (χ0v) is 6.18. The molecule has 0 bridgehead atoms. The van der Waals surface area contributed by atoms with E-state index in [0.29, 0.717) is 5.92 Å². The second-order valence-corrected chi connectivity index (χ2v) is 2.88. The lowest BCUT2D eigenvalue weighted by atomic mass is 9.93. The van der Waals surface area contributed by atoms with Crippen molar-refractivity contribution in [1.82, 2.24) is 5.32 Å². The Hall–Kier alpha value is -0.890. The Labute approximate surface area is 65.2 Å². The van der Waals surface area contributed by atoms with Crippen molar-refractivity contribution >= 4 is 0 Å². The van der Waals surface area contributed by atoms with Crippen molar-refractivity contribution < 1.29 is 4.39 Å². The Bertz CT molecular complexity index is 255. The van der Waals surface area contributed by atoms with E-state index >= 15 is 0 Å². The third-order valence-corrected chi connectivity index (χ3v) is 2.13. The molecule has 1 aliphatic heterocycles. The summed E-state index contributed by atoms with van der Waals surface area (Å²) in [5, 5.41) is 3.12. The molecule has 1 aromatic rings. The molecule has 0 aromatic heterocycles. The van der Waals surface area contributed by atoms with Crippen molar-refractivity contribution in [2.45, 2.75) is 5.92 Å². The first kappa shape index (κ1) is 6.80. The molecular weight excluding hydrogens is 141 g/mol. The lowest BCUT2D eigenvalue weighted by molar-refractivity contribution is 0.431. The maximum atomic E-state index is 13.0. The zero-order chi connectivity index (χ0) is 7.68. The van der Waals surface area contributed by atoms with Gasteiger partial charge in [-0.05, 0) is 11.6 Å². The lowest BCUT2D eigenvalue weighted by Gasteiger charge is -2.27. The smallest absolute Gasteiger partial charge is 0.126 e. The van der Waals surface area contributed by atoms with Crippen molar-refractivity contribution in [2.24, 2.45) is 0 Å². The van der Waals surface area contributed by atoms with Crippen LogP contribution in [0.3, 0.4) is 0 Å². The molecule has 1 N–H and O–H groups in total. The molecule has 1 aromatic carbocycles. The molecule has 11 heavy (non-hydrogen) atoms. The second-order valence-electron chi connectivity index (χ2n) is 2.88. The fourth-order valence-electron chi connectivity index (χ4n) is 1.31. The van der Waals surface area contributed by atoms with Gasteiger partial charge >= 0.3 is 0 Å². The van der Waals surface area contributed by atoms with Crippen LogP contribution >= 0.6 is 0 Å². The molecular formula is C9H10FN. The van der Waals surface area contributed by atoms with Crippen LogP contribution in [0, 0.1) is 5.82 Å². The van der Waals surface area contributed by atoms with E-state index in [1.807, 2.05) is 12.1 Å². The number of nitrogens with one attached hydrogen (secondary N) is 1. The van der Waals surface area contributed by atoms with Gasteiger partial charge in [-0.3, -0.25) is 0 Å². The van der Waals surface area contributed by atoms with Crippen molar-refractivity contribution in [3.63, 3.8) is 0 Å². The van der Waals surface area contributed by atoms with Crippen LogP contribution in [0.25, 0.3) is 0 Å². The van der Waals surface area contributed by atoms with E-state index in [4.69, 9.17) is 0 Å². The molecule has 1 fully saturated rings. The SMILES string of the molecule is Fc1ccccc1C1CNC1. The van der Waals surface area contributed by atoms with Crippen LogP contribution in [-0.2, 0) is 0 Å². The van der Waals surface area contributed by atoms with E-state index in [0.717, 1.165) is 18.7 Å². The number of rotatable bonds is 1. The van der Waals surface area contributed by atoms with Gasteiger partial charge in [0.15, 0.2) is 0 Å². The Morgan fingerprint density at radius 1 is 1.27 bits per heavy atom. The molecule has 0 amide bonds. The lowest BCUT2D eigenvalue weighted by Crippen LogP contribution is -2.40. The monoisotopic (exact) mass is 151 g/mol. The van der Waals surface area contributed by atoms with Crippen molar-refractivity contribution in [2.75, 3.05) is 13.1 Å². The normalized spacial score (nSPS) is 17.9. The van der Waals surface area contributed by atoms with Crippen LogP contribution in [-0.4, -0.2) is 13.1 Å². The highest BCUT2D eigenvalue weighted by Crippen LogP contribution is 2.21. The summed E-state index contributed by atoms with van der Waals surface area (Å²) in [4.78, 5) is 0. The van der Waals surface area contributed by atoms with Gasteiger partial charge in [-0.2, -0.15) is 0 Å². The highest BCUT2D eigenvalue weighted by molar-refractivity contribution is 5.24. The molecule has 2 rings (SSSR count). The Morgan fingerprint density at radius 2 is 2.00 bits per heavy atom. The maximum absolute atomic E-state index is 13.0. The molecule has 0 saturated carbocycles. The van der Waals surface area contributed by atoms with Gasteiger partial charge in [-0.15, -0.1) is 0 Å². The quantitative estimate of drug-likeness (QED) is 0.641. The van der Waals surface area contributed by atoms with E-state index in [2.05, 4.69) is 5.32 Å². The van der Waals surface area contributed by atoms with Crippen LogP contribution in [0.5, 0.6) is 0 Å². The van der Waals surface area contributed by atoms with Gasteiger partial charge in [0.1, 0.15) is 5.82 Å². The first-order valence-electron chi connectivity index (χ1n) is 3.83.